The lowest BCUT2D eigenvalue weighted by Gasteiger charge is -2.18. The Balaban J connectivity index is 1.46. The Morgan fingerprint density at radius 1 is 1.00 bits per heavy atom. The number of halogens is 1. The van der Waals surface area contributed by atoms with Crippen molar-refractivity contribution in [1.82, 2.24) is 20.2 Å². The van der Waals surface area contributed by atoms with Crippen LogP contribution in [0.1, 0.15) is 40.9 Å². The molecule has 0 saturated carbocycles. The number of rotatable bonds is 11. The highest BCUT2D eigenvalue weighted by atomic mass is 79.9. The van der Waals surface area contributed by atoms with Crippen LogP contribution in [0.5, 0.6) is 0 Å². The number of amidine groups is 1. The molecule has 4 aromatic rings. The molecule has 0 spiro atoms. The maximum atomic E-state index is 13.6. The summed E-state index contributed by atoms with van der Waals surface area (Å²) in [5.74, 6) is -1.20. The molecule has 4 rings (SSSR count). The minimum Gasteiger partial charge on any atom is -0.465 e. The van der Waals surface area contributed by atoms with Crippen LogP contribution in [0, 0.1) is 5.41 Å². The van der Waals surface area contributed by atoms with Gasteiger partial charge < -0.3 is 25.8 Å². The van der Waals surface area contributed by atoms with E-state index in [1.165, 1.54) is 23.8 Å². The number of methoxy groups -OCH3 is 1. The van der Waals surface area contributed by atoms with E-state index in [1.54, 1.807) is 30.3 Å². The fraction of sp³-hybridized carbons (Fsp3) is 0.212. The van der Waals surface area contributed by atoms with Gasteiger partial charge in [-0.25, -0.2) is 14.6 Å². The number of nitrogens with zero attached hydrogens (tertiary/aromatic N) is 2. The number of anilines is 2. The maximum Gasteiger partial charge on any atom is 0.413 e. The van der Waals surface area contributed by atoms with Crippen molar-refractivity contribution in [2.45, 2.75) is 39.6 Å². The summed E-state index contributed by atoms with van der Waals surface area (Å²) >= 11 is 3.43. The number of nitrogens with two attached hydrogens (primary N) is 1. The molecule has 0 unspecified atom stereocenters. The molecule has 0 aliphatic heterocycles. The zero-order valence-corrected chi connectivity index (χ0v) is 27.5. The summed E-state index contributed by atoms with van der Waals surface area (Å²) < 4.78 is 11.5. The third-order valence-corrected chi connectivity index (χ3v) is 7.23. The SMILES string of the molecule is COC(=O)c1cc(N)cc(-c2c(Br)nc(NC(C)C)c(=O)n2CC(=O)NCc2ccc(C(=N)NC(=O)OCc3ccccc3)cc2)c1. The minimum atomic E-state index is -0.751. The van der Waals surface area contributed by atoms with E-state index in [0.29, 0.717) is 16.7 Å². The van der Waals surface area contributed by atoms with E-state index in [-0.39, 0.29) is 58.9 Å². The number of ether oxygens (including phenoxy) is 2. The van der Waals surface area contributed by atoms with Crippen molar-refractivity contribution in [3.63, 3.8) is 0 Å². The first kappa shape index (κ1) is 34.4. The Hall–Kier alpha value is -5.50. The summed E-state index contributed by atoms with van der Waals surface area (Å²) in [7, 11) is 1.24. The molecule has 0 aliphatic carbocycles. The number of nitrogens with one attached hydrogen (secondary N) is 4. The third-order valence-electron chi connectivity index (χ3n) is 6.67. The fourth-order valence-electron chi connectivity index (χ4n) is 4.48. The van der Waals surface area contributed by atoms with Crippen LogP contribution >= 0.6 is 15.9 Å². The molecule has 0 atom stereocenters. The average molecular weight is 705 g/mol. The monoisotopic (exact) mass is 703 g/mol. The van der Waals surface area contributed by atoms with Crippen molar-refractivity contribution in [2.24, 2.45) is 0 Å². The van der Waals surface area contributed by atoms with Crippen LogP contribution in [-0.4, -0.2) is 46.5 Å². The number of amides is 2. The highest BCUT2D eigenvalue weighted by molar-refractivity contribution is 9.10. The number of hydrogen-bond donors (Lipinski definition) is 5. The molecular formula is C33H34BrN7O6. The topological polar surface area (TPSA) is 191 Å². The number of benzene rings is 3. The van der Waals surface area contributed by atoms with Gasteiger partial charge in [0.15, 0.2) is 5.82 Å². The molecule has 0 aliphatic rings. The Bertz CT molecular complexity index is 1840. The van der Waals surface area contributed by atoms with Gasteiger partial charge in [0, 0.05) is 29.4 Å². The Morgan fingerprint density at radius 3 is 2.36 bits per heavy atom. The van der Waals surface area contributed by atoms with Crippen molar-refractivity contribution in [1.29, 1.82) is 5.41 Å². The summed E-state index contributed by atoms with van der Waals surface area (Å²) in [5, 5.41) is 16.4. The van der Waals surface area contributed by atoms with Gasteiger partial charge in [-0.15, -0.1) is 0 Å². The lowest BCUT2D eigenvalue weighted by atomic mass is 10.1. The van der Waals surface area contributed by atoms with Crippen LogP contribution in [0.15, 0.2) is 82.2 Å². The van der Waals surface area contributed by atoms with Crippen LogP contribution in [0.25, 0.3) is 11.3 Å². The van der Waals surface area contributed by atoms with Gasteiger partial charge >= 0.3 is 12.1 Å². The van der Waals surface area contributed by atoms with Gasteiger partial charge in [0.2, 0.25) is 5.91 Å². The fourth-order valence-corrected chi connectivity index (χ4v) is 5.10. The van der Waals surface area contributed by atoms with E-state index < -0.39 is 23.5 Å². The third kappa shape index (κ3) is 9.26. The average Bonchev–Trinajstić information content (AvgIpc) is 3.04. The van der Waals surface area contributed by atoms with E-state index >= 15 is 0 Å². The highest BCUT2D eigenvalue weighted by Crippen LogP contribution is 2.30. The summed E-state index contributed by atoms with van der Waals surface area (Å²) in [6.45, 7) is 3.52. The minimum absolute atomic E-state index is 0.0381. The summed E-state index contributed by atoms with van der Waals surface area (Å²) in [4.78, 5) is 55.5. The first-order valence-electron chi connectivity index (χ1n) is 14.4. The number of alkyl carbamates (subject to hydrolysis) is 1. The first-order chi connectivity index (χ1) is 22.4. The predicted octanol–water partition coefficient (Wildman–Crippen LogP) is 4.43. The van der Waals surface area contributed by atoms with Gasteiger partial charge in [0.05, 0.1) is 18.4 Å². The van der Waals surface area contributed by atoms with Crippen LogP contribution in [0.4, 0.5) is 16.3 Å². The molecule has 6 N–H and O–H groups in total. The zero-order valence-electron chi connectivity index (χ0n) is 25.9. The number of nitrogen functional groups attached to an aromatic ring is 1. The van der Waals surface area contributed by atoms with Crippen LogP contribution in [-0.2, 0) is 34.0 Å². The van der Waals surface area contributed by atoms with E-state index in [0.717, 1.165) is 5.56 Å². The molecule has 2 amide bonds. The van der Waals surface area contributed by atoms with Crippen molar-refractivity contribution in [3.8, 4) is 11.3 Å². The van der Waals surface area contributed by atoms with Crippen molar-refractivity contribution in [2.75, 3.05) is 18.2 Å². The summed E-state index contributed by atoms with van der Waals surface area (Å²) in [6.07, 6.45) is -0.751. The zero-order chi connectivity index (χ0) is 34.1. The maximum absolute atomic E-state index is 13.6. The predicted molar refractivity (Wildman–Crippen MR) is 181 cm³/mol. The molecule has 0 bridgehead atoms. The molecule has 13 nitrogen and oxygen atoms in total. The highest BCUT2D eigenvalue weighted by Gasteiger charge is 2.21. The van der Waals surface area contributed by atoms with Crippen LogP contribution in [0.3, 0.4) is 0 Å². The van der Waals surface area contributed by atoms with Crippen LogP contribution in [0.2, 0.25) is 0 Å². The second kappa shape index (κ2) is 15.7. The number of carbonyl (C=O) groups excluding carboxylic acids is 3. The second-order valence-corrected chi connectivity index (χ2v) is 11.4. The van der Waals surface area contributed by atoms with E-state index in [1.807, 2.05) is 44.2 Å². The number of carbonyl (C=O) groups is 3. The van der Waals surface area contributed by atoms with E-state index in [4.69, 9.17) is 20.6 Å². The molecule has 47 heavy (non-hydrogen) atoms. The quantitative estimate of drug-likeness (QED) is 0.0651. The molecule has 1 aromatic heterocycles. The molecule has 1 heterocycles. The van der Waals surface area contributed by atoms with E-state index in [9.17, 15) is 19.2 Å². The van der Waals surface area contributed by atoms with Gasteiger partial charge in [-0.2, -0.15) is 0 Å². The smallest absolute Gasteiger partial charge is 0.413 e. The summed E-state index contributed by atoms with van der Waals surface area (Å²) in [5.41, 5.74) is 8.52. The lowest BCUT2D eigenvalue weighted by molar-refractivity contribution is -0.121. The molecule has 244 valence electrons. The van der Waals surface area contributed by atoms with Gasteiger partial charge in [0.1, 0.15) is 23.6 Å². The molecule has 0 saturated heterocycles. The Morgan fingerprint density at radius 2 is 1.70 bits per heavy atom. The Labute approximate surface area is 279 Å². The number of esters is 1. The van der Waals surface area contributed by atoms with Gasteiger partial charge in [0.25, 0.3) is 5.56 Å². The molecule has 0 fully saturated rings. The van der Waals surface area contributed by atoms with Crippen molar-refractivity contribution < 1.29 is 23.9 Å². The standard InChI is InChI=1S/C33H34BrN7O6/c1-19(2)38-30-31(43)41(27(28(34)39-30)23-13-24(32(44)46-3)15-25(35)14-23)17-26(42)37-16-20-9-11-22(12-10-20)29(36)40-33(45)47-18-21-7-5-4-6-8-21/h4-15,19H,16-18,35H2,1-3H3,(H,37,42)(H,38,39)(H2,36,40,45). The molecule has 14 heteroatoms. The van der Waals surface area contributed by atoms with Gasteiger partial charge in [-0.1, -0.05) is 54.6 Å². The molecule has 0 radical (unpaired) electrons. The van der Waals surface area contributed by atoms with Crippen molar-refractivity contribution in [3.05, 3.63) is 110 Å². The lowest BCUT2D eigenvalue weighted by Crippen LogP contribution is -2.35. The first-order valence-corrected chi connectivity index (χ1v) is 15.2. The van der Waals surface area contributed by atoms with Gasteiger partial charge in [-0.05, 0) is 59.1 Å². The van der Waals surface area contributed by atoms with Crippen molar-refractivity contribution >= 4 is 51.2 Å². The molecular weight excluding hydrogens is 670 g/mol. The second-order valence-electron chi connectivity index (χ2n) is 10.7. The number of hydrogen-bond acceptors (Lipinski definition) is 10. The number of aromatic nitrogens is 2. The molecule has 3 aromatic carbocycles. The largest absolute Gasteiger partial charge is 0.465 e. The summed E-state index contributed by atoms with van der Waals surface area (Å²) in [6, 6.07) is 20.2. The normalized spacial score (nSPS) is 10.7. The van der Waals surface area contributed by atoms with E-state index in [2.05, 4.69) is 36.9 Å². The van der Waals surface area contributed by atoms with Crippen LogP contribution < -0.4 is 27.2 Å². The Kier molecular flexibility index (Phi) is 11.5. The van der Waals surface area contributed by atoms with Gasteiger partial charge in [-0.3, -0.25) is 24.9 Å².